The van der Waals surface area contributed by atoms with E-state index in [9.17, 15) is 22.3 Å². The molecule has 2 heterocycles. The van der Waals surface area contributed by atoms with Gasteiger partial charge in [-0.1, -0.05) is 30.3 Å². The Kier molecular flexibility index (Phi) is 7.54. The van der Waals surface area contributed by atoms with Gasteiger partial charge in [0.1, 0.15) is 0 Å². The summed E-state index contributed by atoms with van der Waals surface area (Å²) in [6.45, 7) is 1.24. The number of halogens is 2. The second kappa shape index (κ2) is 10.6. The summed E-state index contributed by atoms with van der Waals surface area (Å²) in [5.41, 5.74) is 1.71. The normalized spacial score (nSPS) is 16.9. The molecule has 0 aliphatic carbocycles. The molecule has 1 saturated heterocycles. The molecule has 0 amide bonds. The Bertz CT molecular complexity index is 1170. The number of anilines is 1. The zero-order valence-electron chi connectivity index (χ0n) is 18.4. The van der Waals surface area contributed by atoms with Crippen LogP contribution in [0.2, 0.25) is 0 Å². The van der Waals surface area contributed by atoms with Gasteiger partial charge in [-0.25, -0.2) is 8.42 Å². The lowest BCUT2D eigenvalue weighted by Crippen LogP contribution is -2.40. The Balaban J connectivity index is 1.52. The second-order valence-corrected chi connectivity index (χ2v) is 10.1. The minimum atomic E-state index is -3.68. The molecule has 1 fully saturated rings. The third kappa shape index (κ3) is 5.60. The second-order valence-electron chi connectivity index (χ2n) is 8.12. The predicted octanol–water partition coefficient (Wildman–Crippen LogP) is 3.47. The number of hydrogen-bond acceptors (Lipinski definition) is 7. The lowest BCUT2D eigenvalue weighted by Gasteiger charge is -2.27. The quantitative estimate of drug-likeness (QED) is 0.463. The van der Waals surface area contributed by atoms with Gasteiger partial charge in [-0.2, -0.15) is 8.78 Å². The summed E-state index contributed by atoms with van der Waals surface area (Å²) in [5.74, 6) is -0.852. The fraction of sp³-hybridized carbons (Fsp3) is 0.391. The molecule has 0 radical (unpaired) electrons. The van der Waals surface area contributed by atoms with E-state index < -0.39 is 22.3 Å². The van der Waals surface area contributed by atoms with Gasteiger partial charge in [0.05, 0.1) is 24.6 Å². The highest BCUT2D eigenvalue weighted by atomic mass is 32.2. The SMILES string of the molecule is O=S(=O)(CCN1CCCC1CO)N(Cc1ccc(-c2nnc(C(F)F)o2)cc1)c1ccccc1. The molecule has 1 unspecified atom stereocenters. The number of hydrogen-bond donors (Lipinski definition) is 1. The fourth-order valence-corrected chi connectivity index (χ4v) is 5.52. The monoisotopic (exact) mass is 492 g/mol. The summed E-state index contributed by atoms with van der Waals surface area (Å²) in [7, 11) is -3.68. The third-order valence-corrected chi connectivity index (χ3v) is 7.59. The fourth-order valence-electron chi connectivity index (χ4n) is 4.04. The maximum absolute atomic E-state index is 13.4. The largest absolute Gasteiger partial charge is 0.415 e. The van der Waals surface area contributed by atoms with Crippen molar-refractivity contribution in [2.24, 2.45) is 0 Å². The van der Waals surface area contributed by atoms with Crippen molar-refractivity contribution in [3.63, 3.8) is 0 Å². The average Bonchev–Trinajstić information content (AvgIpc) is 3.52. The molecule has 8 nitrogen and oxygen atoms in total. The van der Waals surface area contributed by atoms with Crippen molar-refractivity contribution in [2.45, 2.75) is 31.9 Å². The van der Waals surface area contributed by atoms with Crippen molar-refractivity contribution in [3.05, 3.63) is 66.1 Å². The molecule has 4 rings (SSSR count). The Morgan fingerprint density at radius 3 is 2.50 bits per heavy atom. The lowest BCUT2D eigenvalue weighted by molar-refractivity contribution is 0.116. The van der Waals surface area contributed by atoms with E-state index in [-0.39, 0.29) is 30.8 Å². The molecule has 0 bridgehead atoms. The zero-order chi connectivity index (χ0) is 24.1. The van der Waals surface area contributed by atoms with E-state index in [1.807, 2.05) is 11.0 Å². The Morgan fingerprint density at radius 1 is 1.12 bits per heavy atom. The van der Waals surface area contributed by atoms with Crippen LogP contribution in [0.5, 0.6) is 0 Å². The number of alkyl halides is 2. The summed E-state index contributed by atoms with van der Waals surface area (Å²) in [6.07, 6.45) is -1.04. The van der Waals surface area contributed by atoms with E-state index >= 15 is 0 Å². The van der Waals surface area contributed by atoms with Gasteiger partial charge < -0.3 is 9.52 Å². The van der Waals surface area contributed by atoms with E-state index in [1.54, 1.807) is 48.5 Å². The topological polar surface area (TPSA) is 99.8 Å². The number of nitrogens with zero attached hydrogens (tertiary/aromatic N) is 4. The number of likely N-dealkylation sites (tertiary alicyclic amines) is 1. The van der Waals surface area contributed by atoms with Crippen LogP contribution in [-0.2, 0) is 16.6 Å². The lowest BCUT2D eigenvalue weighted by atomic mass is 10.1. The van der Waals surface area contributed by atoms with Gasteiger partial charge >= 0.3 is 6.43 Å². The molecule has 1 aliphatic heterocycles. The molecule has 2 aromatic carbocycles. The highest BCUT2D eigenvalue weighted by molar-refractivity contribution is 7.92. The van der Waals surface area contributed by atoms with Crippen LogP contribution < -0.4 is 4.31 Å². The van der Waals surface area contributed by atoms with Crippen LogP contribution in [0.1, 0.15) is 30.7 Å². The Morgan fingerprint density at radius 2 is 1.85 bits per heavy atom. The first kappa shape index (κ1) is 24.2. The summed E-state index contributed by atoms with van der Waals surface area (Å²) >= 11 is 0. The van der Waals surface area contributed by atoms with Crippen molar-refractivity contribution < 1.29 is 26.7 Å². The number of aromatic nitrogens is 2. The number of para-hydroxylation sites is 1. The molecular formula is C23H26F2N4O4S. The van der Waals surface area contributed by atoms with E-state index in [4.69, 9.17) is 4.42 Å². The van der Waals surface area contributed by atoms with E-state index in [2.05, 4.69) is 10.2 Å². The Hall–Kier alpha value is -2.89. The molecular weight excluding hydrogens is 466 g/mol. The van der Waals surface area contributed by atoms with Gasteiger partial charge in [-0.15, -0.1) is 10.2 Å². The summed E-state index contributed by atoms with van der Waals surface area (Å²) in [6, 6.07) is 15.5. The highest BCUT2D eigenvalue weighted by Crippen LogP contribution is 2.26. The summed E-state index contributed by atoms with van der Waals surface area (Å²) in [5, 5.41) is 16.5. The number of aliphatic hydroxyl groups excluding tert-OH is 1. The van der Waals surface area contributed by atoms with Crippen molar-refractivity contribution in [1.82, 2.24) is 15.1 Å². The van der Waals surface area contributed by atoms with Crippen molar-refractivity contribution in [3.8, 4) is 11.5 Å². The first-order valence-corrected chi connectivity index (χ1v) is 12.6. The van der Waals surface area contributed by atoms with E-state index in [1.165, 1.54) is 4.31 Å². The standard InChI is InChI=1S/C23H26F2N4O4S/c24-21(25)23-27-26-22(33-23)18-10-8-17(9-11-18)15-29(19-5-2-1-3-6-19)34(31,32)14-13-28-12-4-7-20(28)16-30/h1-3,5-6,8-11,20-21,30H,4,7,12-16H2. The van der Waals surface area contributed by atoms with Crippen molar-refractivity contribution in [1.29, 1.82) is 0 Å². The number of benzene rings is 2. The van der Waals surface area contributed by atoms with Crippen LogP contribution in [0.4, 0.5) is 14.5 Å². The van der Waals surface area contributed by atoms with Crippen molar-refractivity contribution >= 4 is 15.7 Å². The van der Waals surface area contributed by atoms with Gasteiger partial charge in [0.25, 0.3) is 5.89 Å². The maximum atomic E-state index is 13.4. The van der Waals surface area contributed by atoms with E-state index in [0.29, 0.717) is 23.4 Å². The van der Waals surface area contributed by atoms with Crippen LogP contribution >= 0.6 is 0 Å². The average molecular weight is 493 g/mol. The van der Waals surface area contributed by atoms with Crippen LogP contribution in [0, 0.1) is 0 Å². The Labute approximate surface area is 196 Å². The molecule has 182 valence electrons. The van der Waals surface area contributed by atoms with Gasteiger partial charge in [0.2, 0.25) is 15.9 Å². The molecule has 0 saturated carbocycles. The summed E-state index contributed by atoms with van der Waals surface area (Å²) in [4.78, 5) is 2.02. The van der Waals surface area contributed by atoms with Gasteiger partial charge in [-0.05, 0) is 49.2 Å². The number of rotatable bonds is 10. The van der Waals surface area contributed by atoms with Gasteiger partial charge in [0, 0.05) is 18.2 Å². The molecule has 0 spiro atoms. The molecule has 1 atom stereocenters. The van der Waals surface area contributed by atoms with Gasteiger partial charge in [-0.3, -0.25) is 9.21 Å². The van der Waals surface area contributed by atoms with Crippen molar-refractivity contribution in [2.75, 3.05) is 29.8 Å². The molecule has 34 heavy (non-hydrogen) atoms. The highest BCUT2D eigenvalue weighted by Gasteiger charge is 2.28. The van der Waals surface area contributed by atoms with Crippen LogP contribution in [-0.4, -0.2) is 60.1 Å². The minimum absolute atomic E-state index is 0.00297. The van der Waals surface area contributed by atoms with Crippen LogP contribution in [0.15, 0.2) is 59.0 Å². The molecule has 11 heteroatoms. The molecule has 1 N–H and O–H groups in total. The number of aliphatic hydroxyl groups is 1. The van der Waals surface area contributed by atoms with E-state index in [0.717, 1.165) is 19.4 Å². The van der Waals surface area contributed by atoms with Crippen LogP contribution in [0.3, 0.4) is 0 Å². The first-order valence-electron chi connectivity index (χ1n) is 11.0. The smallest absolute Gasteiger partial charge is 0.314 e. The molecule has 1 aliphatic rings. The molecule has 3 aromatic rings. The first-order chi connectivity index (χ1) is 16.4. The maximum Gasteiger partial charge on any atom is 0.314 e. The van der Waals surface area contributed by atoms with Gasteiger partial charge in [0.15, 0.2) is 0 Å². The zero-order valence-corrected chi connectivity index (χ0v) is 19.2. The number of sulfonamides is 1. The summed E-state index contributed by atoms with van der Waals surface area (Å²) < 4.78 is 58.5. The minimum Gasteiger partial charge on any atom is -0.415 e. The van der Waals surface area contributed by atoms with Crippen LogP contribution in [0.25, 0.3) is 11.5 Å². The molecule has 1 aromatic heterocycles. The predicted molar refractivity (Wildman–Crippen MR) is 123 cm³/mol. The third-order valence-electron chi connectivity index (χ3n) is 5.88.